The van der Waals surface area contributed by atoms with E-state index in [0.717, 1.165) is 11.2 Å². The second-order valence-electron chi connectivity index (χ2n) is 5.18. The van der Waals surface area contributed by atoms with E-state index in [-0.39, 0.29) is 0 Å². The molecule has 0 saturated heterocycles. The maximum Gasteiger partial charge on any atom is 0.158 e. The van der Waals surface area contributed by atoms with Crippen LogP contribution < -0.4 is 9.38 Å². The highest BCUT2D eigenvalue weighted by Crippen LogP contribution is 2.40. The maximum atomic E-state index is 2.34. The summed E-state index contributed by atoms with van der Waals surface area (Å²) in [6.45, 7) is 1.02. The summed E-state index contributed by atoms with van der Waals surface area (Å²) in [6.07, 6.45) is 0. The van der Waals surface area contributed by atoms with E-state index in [1.165, 1.54) is 22.1 Å². The molecular weight excluding hydrogens is 196 g/mol. The second-order valence-corrected chi connectivity index (χ2v) is 5.18. The molecule has 0 N–H and O–H groups in total. The van der Waals surface area contributed by atoms with Crippen LogP contribution in [0.5, 0.6) is 0 Å². The van der Waals surface area contributed by atoms with Gasteiger partial charge in [0.2, 0.25) is 0 Å². The number of rotatable bonds is 0. The summed E-state index contributed by atoms with van der Waals surface area (Å²) in [5, 5.41) is 2.75. The Balaban J connectivity index is 2.47. The van der Waals surface area contributed by atoms with Gasteiger partial charge in [-0.1, -0.05) is 24.3 Å². The van der Waals surface area contributed by atoms with Gasteiger partial charge in [-0.3, -0.25) is 4.48 Å². The van der Waals surface area contributed by atoms with Crippen molar-refractivity contribution in [1.82, 2.24) is 4.48 Å². The number of quaternary nitrogens is 1. The van der Waals surface area contributed by atoms with Gasteiger partial charge in [0.15, 0.2) is 6.67 Å². The lowest BCUT2D eigenvalue weighted by Crippen LogP contribution is -2.50. The molecule has 0 fully saturated rings. The molecule has 0 aliphatic carbocycles. The quantitative estimate of drug-likeness (QED) is 0.608. The summed E-state index contributed by atoms with van der Waals surface area (Å²) in [4.78, 5) is 2.34. The Morgan fingerprint density at radius 2 is 1.75 bits per heavy atom. The van der Waals surface area contributed by atoms with Gasteiger partial charge in [-0.05, 0) is 17.5 Å². The van der Waals surface area contributed by atoms with Crippen LogP contribution in [0, 0.1) is 0 Å². The Morgan fingerprint density at radius 3 is 2.50 bits per heavy atom. The minimum absolute atomic E-state index is 0.921. The normalized spacial score (nSPS) is 17.8. The third-order valence-electron chi connectivity index (χ3n) is 3.49. The summed E-state index contributed by atoms with van der Waals surface area (Å²) in [5.41, 5.74) is 2.77. The highest BCUT2D eigenvalue weighted by Gasteiger charge is 2.30. The molecule has 2 aromatic rings. The summed E-state index contributed by atoms with van der Waals surface area (Å²) >= 11 is 0. The van der Waals surface area contributed by atoms with Gasteiger partial charge < -0.3 is 4.90 Å². The van der Waals surface area contributed by atoms with Crippen LogP contribution in [-0.2, 0) is 0 Å². The van der Waals surface area contributed by atoms with Gasteiger partial charge in [-0.15, -0.1) is 0 Å². The van der Waals surface area contributed by atoms with Crippen molar-refractivity contribution in [3.63, 3.8) is 0 Å². The van der Waals surface area contributed by atoms with Gasteiger partial charge in [-0.25, -0.2) is 0 Å². The second kappa shape index (κ2) is 2.98. The molecule has 82 valence electrons. The first kappa shape index (κ1) is 9.67. The predicted octanol–water partition coefficient (Wildman–Crippen LogP) is 2.81. The Labute approximate surface area is 96.3 Å². The molecule has 1 aliphatic heterocycles. The molecule has 1 heterocycles. The molecular formula is C14H17N2+. The minimum atomic E-state index is 0.921. The number of nitrogens with zero attached hydrogens (tertiary/aromatic N) is 2. The molecule has 2 aromatic carbocycles. The predicted molar refractivity (Wildman–Crippen MR) is 70.9 cm³/mol. The zero-order valence-corrected chi connectivity index (χ0v) is 10.1. The van der Waals surface area contributed by atoms with Gasteiger partial charge in [0, 0.05) is 7.05 Å². The molecule has 0 bridgehead atoms. The fourth-order valence-corrected chi connectivity index (χ4v) is 2.81. The topological polar surface area (TPSA) is 3.24 Å². The molecule has 1 aliphatic rings. The number of hydrogen-bond donors (Lipinski definition) is 0. The summed E-state index contributed by atoms with van der Waals surface area (Å²) in [6, 6.07) is 13.2. The van der Waals surface area contributed by atoms with Crippen molar-refractivity contribution in [3.05, 3.63) is 36.4 Å². The average Bonchev–Trinajstić information content (AvgIpc) is 2.25. The lowest BCUT2D eigenvalue weighted by atomic mass is 10.0. The van der Waals surface area contributed by atoms with Crippen LogP contribution in [0.15, 0.2) is 36.4 Å². The molecule has 0 unspecified atom stereocenters. The minimum Gasteiger partial charge on any atom is -0.327 e. The summed E-state index contributed by atoms with van der Waals surface area (Å²) in [7, 11) is 6.70. The van der Waals surface area contributed by atoms with Crippen LogP contribution >= 0.6 is 0 Å². The van der Waals surface area contributed by atoms with Gasteiger partial charge in [0.1, 0.15) is 5.69 Å². The van der Waals surface area contributed by atoms with E-state index in [9.17, 15) is 0 Å². The van der Waals surface area contributed by atoms with Crippen LogP contribution in [0.2, 0.25) is 0 Å². The van der Waals surface area contributed by atoms with Crippen LogP contribution in [-0.4, -0.2) is 27.8 Å². The van der Waals surface area contributed by atoms with E-state index in [4.69, 9.17) is 0 Å². The lowest BCUT2D eigenvalue weighted by molar-refractivity contribution is 0.398. The first-order chi connectivity index (χ1) is 7.59. The van der Waals surface area contributed by atoms with E-state index >= 15 is 0 Å². The van der Waals surface area contributed by atoms with Crippen molar-refractivity contribution < 1.29 is 0 Å². The third kappa shape index (κ3) is 1.17. The highest BCUT2D eigenvalue weighted by atomic mass is 15.4. The van der Waals surface area contributed by atoms with Crippen LogP contribution in [0.25, 0.3) is 10.8 Å². The van der Waals surface area contributed by atoms with E-state index in [1.807, 2.05) is 0 Å². The highest BCUT2D eigenvalue weighted by molar-refractivity contribution is 6.04. The van der Waals surface area contributed by atoms with Gasteiger partial charge >= 0.3 is 0 Å². The zero-order valence-electron chi connectivity index (χ0n) is 10.1. The monoisotopic (exact) mass is 213 g/mol. The fraction of sp³-hybridized carbons (Fsp3) is 0.286. The smallest absolute Gasteiger partial charge is 0.158 e. The Kier molecular flexibility index (Phi) is 1.80. The Hall–Kier alpha value is -1.54. The van der Waals surface area contributed by atoms with E-state index in [0.29, 0.717) is 0 Å². The SMILES string of the molecule is CN1C[N+](C)(C)c2cccc3cccc1c23. The van der Waals surface area contributed by atoms with Crippen molar-refractivity contribution in [2.45, 2.75) is 0 Å². The first-order valence-corrected chi connectivity index (χ1v) is 5.66. The molecule has 2 heteroatoms. The third-order valence-corrected chi connectivity index (χ3v) is 3.49. The Morgan fingerprint density at radius 1 is 1.06 bits per heavy atom. The van der Waals surface area contributed by atoms with Crippen LogP contribution in [0.4, 0.5) is 11.4 Å². The van der Waals surface area contributed by atoms with Crippen molar-refractivity contribution >= 4 is 22.1 Å². The molecule has 16 heavy (non-hydrogen) atoms. The first-order valence-electron chi connectivity index (χ1n) is 5.66. The average molecular weight is 213 g/mol. The molecule has 0 amide bonds. The van der Waals surface area contributed by atoms with Gasteiger partial charge in [0.25, 0.3) is 0 Å². The summed E-state index contributed by atoms with van der Waals surface area (Å²) < 4.78 is 0.921. The van der Waals surface area contributed by atoms with E-state index in [1.54, 1.807) is 0 Å². The van der Waals surface area contributed by atoms with Crippen LogP contribution in [0.1, 0.15) is 0 Å². The van der Waals surface area contributed by atoms with Crippen molar-refractivity contribution in [2.75, 3.05) is 32.7 Å². The van der Waals surface area contributed by atoms with Crippen molar-refractivity contribution in [3.8, 4) is 0 Å². The zero-order chi connectivity index (χ0) is 11.3. The fourth-order valence-electron chi connectivity index (χ4n) is 2.81. The molecule has 0 spiro atoms. The number of hydrogen-bond acceptors (Lipinski definition) is 1. The largest absolute Gasteiger partial charge is 0.327 e. The van der Waals surface area contributed by atoms with E-state index < -0.39 is 0 Å². The van der Waals surface area contributed by atoms with E-state index in [2.05, 4.69) is 62.4 Å². The number of anilines is 1. The van der Waals surface area contributed by atoms with Crippen molar-refractivity contribution in [2.24, 2.45) is 0 Å². The van der Waals surface area contributed by atoms with Crippen LogP contribution in [0.3, 0.4) is 0 Å². The lowest BCUT2D eigenvalue weighted by Gasteiger charge is -2.39. The molecule has 0 atom stereocenters. The van der Waals surface area contributed by atoms with Crippen molar-refractivity contribution in [1.29, 1.82) is 0 Å². The molecule has 2 nitrogen and oxygen atoms in total. The van der Waals surface area contributed by atoms with Gasteiger partial charge in [-0.2, -0.15) is 0 Å². The number of benzene rings is 2. The molecule has 3 rings (SSSR count). The maximum absolute atomic E-state index is 2.34. The van der Waals surface area contributed by atoms with Gasteiger partial charge in [0.05, 0.1) is 25.2 Å². The molecule has 0 aromatic heterocycles. The molecule has 0 radical (unpaired) electrons. The standard InChI is InChI=1S/C14H17N2/c1-15-10-16(2,3)13-9-5-7-11-6-4-8-12(15)14(11)13/h4-9H,10H2,1-3H3/q+1. The molecule has 0 saturated carbocycles. The summed E-state index contributed by atoms with van der Waals surface area (Å²) in [5.74, 6) is 0. The Bertz CT molecular complexity index is 552.